The lowest BCUT2D eigenvalue weighted by Crippen LogP contribution is -2.36. The quantitative estimate of drug-likeness (QED) is 0.491. The van der Waals surface area contributed by atoms with E-state index in [1.165, 1.54) is 0 Å². The van der Waals surface area contributed by atoms with Crippen molar-refractivity contribution >= 4 is 70.8 Å². The Morgan fingerprint density at radius 2 is 1.00 bits per heavy atom. The Morgan fingerprint density at radius 3 is 1.19 bits per heavy atom. The number of carbonyl (C=O) groups is 4. The molecule has 2 saturated heterocycles. The molecule has 0 bridgehead atoms. The highest BCUT2D eigenvalue weighted by molar-refractivity contribution is 8.51. The van der Waals surface area contributed by atoms with E-state index in [2.05, 4.69) is 0 Å². The first-order chi connectivity index (χ1) is 9.67. The van der Waals surface area contributed by atoms with Crippen LogP contribution in [0.1, 0.15) is 0 Å². The summed E-state index contributed by atoms with van der Waals surface area (Å²) in [4.78, 5) is 45.2. The van der Waals surface area contributed by atoms with Crippen LogP contribution in [0, 0.1) is 0 Å². The zero-order chi connectivity index (χ0) is 15.9. The van der Waals surface area contributed by atoms with Crippen LogP contribution in [-0.2, 0) is 19.2 Å². The van der Waals surface area contributed by atoms with Crippen molar-refractivity contribution in [2.45, 2.75) is 23.7 Å². The predicted molar refractivity (Wildman–Crippen MR) is 81.9 cm³/mol. The third kappa shape index (κ3) is 3.07. The highest BCUT2D eigenvalue weighted by atomic mass is 32.3. The van der Waals surface area contributed by atoms with Gasteiger partial charge >= 0.3 is 11.9 Å². The van der Waals surface area contributed by atoms with Crippen molar-refractivity contribution in [2.75, 3.05) is 0 Å². The predicted octanol–water partition coefficient (Wildman–Crippen LogP) is -0.828. The average molecular weight is 370 g/mol. The minimum absolute atomic E-state index is 0.785. The molecule has 2 amide bonds. The topological polar surface area (TPSA) is 161 Å². The van der Waals surface area contributed by atoms with E-state index in [1.54, 1.807) is 0 Å². The molecule has 0 radical (unpaired) electrons. The third-order valence-corrected chi connectivity index (χ3v) is 10.6. The molecule has 4 atom stereocenters. The van der Waals surface area contributed by atoms with Gasteiger partial charge in [-0.25, -0.2) is 0 Å². The summed E-state index contributed by atoms with van der Waals surface area (Å²) in [6.07, 6.45) is 0. The van der Waals surface area contributed by atoms with Crippen molar-refractivity contribution in [2.24, 2.45) is 11.5 Å². The van der Waals surface area contributed by atoms with Gasteiger partial charge in [-0.3, -0.25) is 19.2 Å². The lowest BCUT2D eigenvalue weighted by molar-refractivity contribution is -0.138. The molecule has 6 N–H and O–H groups in total. The van der Waals surface area contributed by atoms with Crippen LogP contribution in [0.4, 0.5) is 0 Å². The first-order valence-corrected chi connectivity index (χ1v) is 8.94. The van der Waals surface area contributed by atoms with E-state index >= 15 is 0 Å². The lowest BCUT2D eigenvalue weighted by atomic mass is 10.3. The van der Waals surface area contributed by atoms with Crippen molar-refractivity contribution < 1.29 is 29.4 Å². The summed E-state index contributed by atoms with van der Waals surface area (Å²) in [6.45, 7) is 0. The number of thioether (sulfide) groups is 4. The van der Waals surface area contributed by atoms with Crippen LogP contribution in [0.5, 0.6) is 0 Å². The SMILES string of the molecule is NC(=O)C1SC2(SC(C(N)=O)C(C(=O)O)S2)SC1C(=O)O. The fraction of sp³-hybridized carbons (Fsp3) is 0.556. The number of carboxylic acid groups (broad SMARTS) is 2. The summed E-state index contributed by atoms with van der Waals surface area (Å²) in [6, 6.07) is 0. The highest BCUT2D eigenvalue weighted by Crippen LogP contribution is 2.70. The minimum Gasteiger partial charge on any atom is -0.480 e. The second-order valence-corrected chi connectivity index (χ2v) is 11.1. The number of rotatable bonds is 4. The molecule has 8 nitrogen and oxygen atoms in total. The van der Waals surface area contributed by atoms with Crippen LogP contribution < -0.4 is 11.5 Å². The van der Waals surface area contributed by atoms with Crippen LogP contribution >= 0.6 is 47.0 Å². The van der Waals surface area contributed by atoms with Crippen LogP contribution in [-0.4, -0.2) is 57.7 Å². The number of carbonyl (C=O) groups excluding carboxylic acids is 2. The van der Waals surface area contributed by atoms with Crippen LogP contribution in [0.2, 0.25) is 0 Å². The maximum absolute atomic E-state index is 11.4. The molecule has 2 heterocycles. The Labute approximate surface area is 135 Å². The van der Waals surface area contributed by atoms with Crippen molar-refractivity contribution in [3.63, 3.8) is 0 Å². The number of aliphatic carboxylic acids is 2. The first kappa shape index (κ1) is 16.6. The largest absolute Gasteiger partial charge is 0.480 e. The van der Waals surface area contributed by atoms with E-state index in [1.807, 2.05) is 0 Å². The molecule has 0 aromatic rings. The minimum atomic E-state index is -1.20. The Hall–Kier alpha value is -0.720. The Kier molecular flexibility index (Phi) is 4.61. The van der Waals surface area contributed by atoms with Gasteiger partial charge in [0.05, 0.1) is 0 Å². The maximum atomic E-state index is 11.4. The summed E-state index contributed by atoms with van der Waals surface area (Å²) >= 11 is 3.79. The van der Waals surface area contributed by atoms with Gasteiger partial charge in [0.2, 0.25) is 11.8 Å². The van der Waals surface area contributed by atoms with Crippen molar-refractivity contribution in [1.82, 2.24) is 0 Å². The van der Waals surface area contributed by atoms with Gasteiger partial charge in [-0.15, -0.1) is 47.0 Å². The van der Waals surface area contributed by atoms with Crippen LogP contribution in [0.15, 0.2) is 0 Å². The van der Waals surface area contributed by atoms with E-state index in [9.17, 15) is 19.2 Å². The average Bonchev–Trinajstić information content (AvgIpc) is 2.92. The number of primary amides is 2. The van der Waals surface area contributed by atoms with Gasteiger partial charge in [0, 0.05) is 0 Å². The monoisotopic (exact) mass is 370 g/mol. The molecular weight excluding hydrogens is 360 g/mol. The van der Waals surface area contributed by atoms with Crippen molar-refractivity contribution in [1.29, 1.82) is 0 Å². The van der Waals surface area contributed by atoms with Crippen molar-refractivity contribution in [3.8, 4) is 0 Å². The Bertz CT molecular complexity index is 435. The second kappa shape index (κ2) is 5.82. The normalized spacial score (nSPS) is 38.5. The van der Waals surface area contributed by atoms with E-state index < -0.39 is 47.5 Å². The summed E-state index contributed by atoms with van der Waals surface area (Å²) in [5.74, 6) is -3.98. The zero-order valence-corrected chi connectivity index (χ0v) is 13.4. The fourth-order valence-electron chi connectivity index (χ4n) is 1.81. The first-order valence-electron chi connectivity index (χ1n) is 5.42. The van der Waals surface area contributed by atoms with Gasteiger partial charge < -0.3 is 21.7 Å². The summed E-state index contributed by atoms with van der Waals surface area (Å²) in [7, 11) is 0. The molecule has 4 unspecified atom stereocenters. The zero-order valence-electron chi connectivity index (χ0n) is 10.1. The molecule has 21 heavy (non-hydrogen) atoms. The van der Waals surface area contributed by atoms with Gasteiger partial charge in [-0.2, -0.15) is 0 Å². The standard InChI is InChI=1S/C9H10N2O6S4/c10-5(12)1-3(7(14)15)20-9(18-1)19-2(6(11)13)4(21-9)8(16)17/h1-4H,(H2,10,12)(H2,11,13)(H,14,15)(H,16,17). The number of hydrogen-bond donors (Lipinski definition) is 4. The van der Waals surface area contributed by atoms with Gasteiger partial charge in [0.1, 0.15) is 21.0 Å². The van der Waals surface area contributed by atoms with Gasteiger partial charge in [0.25, 0.3) is 0 Å². The van der Waals surface area contributed by atoms with E-state index in [4.69, 9.17) is 21.7 Å². The summed E-state index contributed by atoms with van der Waals surface area (Å²) in [5, 5.41) is 14.2. The van der Waals surface area contributed by atoms with Crippen LogP contribution in [0.25, 0.3) is 0 Å². The molecule has 1 spiro atoms. The molecule has 2 aliphatic heterocycles. The highest BCUT2D eigenvalue weighted by Gasteiger charge is 2.61. The maximum Gasteiger partial charge on any atom is 0.318 e. The van der Waals surface area contributed by atoms with Gasteiger partial charge in [-0.1, -0.05) is 0 Å². The molecule has 2 aliphatic rings. The van der Waals surface area contributed by atoms with Gasteiger partial charge in [0.15, 0.2) is 2.74 Å². The third-order valence-electron chi connectivity index (χ3n) is 2.68. The van der Waals surface area contributed by atoms with E-state index in [0.717, 1.165) is 47.0 Å². The molecule has 116 valence electrons. The Balaban J connectivity index is 2.29. The lowest BCUT2D eigenvalue weighted by Gasteiger charge is -2.18. The molecular formula is C9H10N2O6S4. The summed E-state index contributed by atoms with van der Waals surface area (Å²) in [5.41, 5.74) is 10.4. The number of amides is 2. The number of nitrogens with two attached hydrogens (primary N) is 2. The smallest absolute Gasteiger partial charge is 0.318 e. The molecule has 2 fully saturated rings. The molecule has 0 aromatic carbocycles. The fourth-order valence-corrected chi connectivity index (χ4v) is 10.2. The summed E-state index contributed by atoms with van der Waals surface area (Å²) < 4.78 is -0.995. The van der Waals surface area contributed by atoms with Gasteiger partial charge in [-0.05, 0) is 0 Å². The van der Waals surface area contributed by atoms with Crippen molar-refractivity contribution in [3.05, 3.63) is 0 Å². The molecule has 2 rings (SSSR count). The molecule has 12 heteroatoms. The second-order valence-electron chi connectivity index (χ2n) is 4.14. The molecule has 0 aliphatic carbocycles. The number of hydrogen-bond acceptors (Lipinski definition) is 8. The Morgan fingerprint density at radius 1 is 0.714 bits per heavy atom. The number of carboxylic acids is 2. The van der Waals surface area contributed by atoms with E-state index in [0.29, 0.717) is 0 Å². The molecule has 0 aromatic heterocycles. The molecule has 0 saturated carbocycles. The van der Waals surface area contributed by atoms with E-state index in [-0.39, 0.29) is 0 Å². The van der Waals surface area contributed by atoms with Crippen LogP contribution in [0.3, 0.4) is 0 Å².